The number of fused-ring (bicyclic) bond motifs is 3. The average Bonchev–Trinajstić information content (AvgIpc) is 3.49. The van der Waals surface area contributed by atoms with Crippen LogP contribution in [-0.4, -0.2) is 24.8 Å². The van der Waals surface area contributed by atoms with Crippen LogP contribution < -0.4 is 9.64 Å². The van der Waals surface area contributed by atoms with Crippen molar-refractivity contribution in [3.63, 3.8) is 0 Å². The normalized spacial score (nSPS) is 18.3. The molecule has 262 valence electrons. The van der Waals surface area contributed by atoms with Gasteiger partial charge in [0.1, 0.15) is 17.3 Å². The molecular formula is C47H42N4O2. The summed E-state index contributed by atoms with van der Waals surface area (Å²) in [4.78, 5) is 6.06. The van der Waals surface area contributed by atoms with Crippen molar-refractivity contribution in [3.8, 4) is 17.5 Å². The molecule has 0 atom stereocenters. The zero-order valence-electron chi connectivity index (χ0n) is 30.9. The van der Waals surface area contributed by atoms with Crippen molar-refractivity contribution < 1.29 is 9.47 Å². The van der Waals surface area contributed by atoms with E-state index in [-0.39, 0.29) is 16.5 Å². The van der Waals surface area contributed by atoms with Gasteiger partial charge < -0.3 is 18.9 Å². The standard InChI is InChI=1S/C47H42N4O2/c1-46(2)22-24-50-25-23-47(3,4)43-44(50)39(46)29-32(45(43)52-6)18-20-36-28-33(40(30-48)49-5)27-35(53-36)19-16-31-17-21-42-38(26-31)37-14-10-11-15-41(37)51(42)34-12-8-7-9-13-34/h7-21,26-29H,22-25H2,1-4,6H3. The smallest absolute Gasteiger partial charge is 0.269 e. The summed E-state index contributed by atoms with van der Waals surface area (Å²) >= 11 is 0. The molecule has 1 aromatic heterocycles. The van der Waals surface area contributed by atoms with Gasteiger partial charge in [0.25, 0.3) is 5.70 Å². The summed E-state index contributed by atoms with van der Waals surface area (Å²) in [5, 5.41) is 12.2. The lowest BCUT2D eigenvalue weighted by Crippen LogP contribution is -2.45. The first-order valence-electron chi connectivity index (χ1n) is 18.2. The number of rotatable bonds is 6. The van der Waals surface area contributed by atoms with Gasteiger partial charge >= 0.3 is 0 Å². The summed E-state index contributed by atoms with van der Waals surface area (Å²) in [6.07, 6.45) is 13.6. The molecule has 3 aliphatic heterocycles. The number of methoxy groups -OCH3 is 1. The highest BCUT2D eigenvalue weighted by molar-refractivity contribution is 6.09. The summed E-state index contributed by atoms with van der Waals surface area (Å²) in [5.74, 6) is 1.96. The molecule has 0 saturated carbocycles. The Morgan fingerprint density at radius 2 is 1.51 bits per heavy atom. The topological polar surface area (TPSA) is 54.8 Å². The van der Waals surface area contributed by atoms with Gasteiger partial charge in [0.15, 0.2) is 0 Å². The van der Waals surface area contributed by atoms with E-state index >= 15 is 0 Å². The van der Waals surface area contributed by atoms with Crippen molar-refractivity contribution in [2.75, 3.05) is 25.1 Å². The molecule has 0 N–H and O–H groups in total. The SMILES string of the molecule is [C-]#[N+]C(C#N)=C1C=C(C=Cc2ccc3c(c2)c2ccccc2n3-c2ccccc2)OC(C=Cc2cc3c4c(c2OC)C(C)(C)CCN4CCC3(C)C)=C1. The van der Waals surface area contributed by atoms with E-state index in [1.165, 1.54) is 22.2 Å². The number of ether oxygens (including phenoxy) is 2. The van der Waals surface area contributed by atoms with Gasteiger partial charge in [-0.3, -0.25) is 0 Å². The number of para-hydroxylation sites is 2. The van der Waals surface area contributed by atoms with Gasteiger partial charge in [-0.1, -0.05) is 76.2 Å². The lowest BCUT2D eigenvalue weighted by molar-refractivity contribution is 0.332. The summed E-state index contributed by atoms with van der Waals surface area (Å²) in [7, 11) is 1.76. The fraction of sp³-hybridized carbons (Fsp3) is 0.234. The molecule has 0 saturated heterocycles. The molecule has 0 bridgehead atoms. The van der Waals surface area contributed by atoms with Gasteiger partial charge in [-0.05, 0) is 107 Å². The maximum Gasteiger partial charge on any atom is 0.269 e. The number of hydrogen-bond donors (Lipinski definition) is 0. The molecule has 0 fully saturated rings. The zero-order valence-corrected chi connectivity index (χ0v) is 30.9. The number of anilines is 1. The number of aromatic nitrogens is 1. The first-order chi connectivity index (χ1) is 25.6. The van der Waals surface area contributed by atoms with E-state index in [1.807, 2.05) is 30.4 Å². The molecule has 6 nitrogen and oxygen atoms in total. The summed E-state index contributed by atoms with van der Waals surface area (Å²) in [5.41, 5.74) is 9.84. The van der Waals surface area contributed by atoms with E-state index in [0.717, 1.165) is 64.9 Å². The van der Waals surface area contributed by atoms with Crippen molar-refractivity contribution in [2.45, 2.75) is 51.4 Å². The largest absolute Gasteiger partial charge is 0.496 e. The number of allylic oxidation sites excluding steroid dienone is 6. The average molecular weight is 695 g/mol. The summed E-state index contributed by atoms with van der Waals surface area (Å²) < 4.78 is 14.9. The fourth-order valence-corrected chi connectivity index (χ4v) is 8.21. The van der Waals surface area contributed by atoms with Gasteiger partial charge in [-0.15, -0.1) is 0 Å². The number of nitrogens with zero attached hydrogens (tertiary/aromatic N) is 4. The van der Waals surface area contributed by atoms with Crippen molar-refractivity contribution in [1.29, 1.82) is 5.26 Å². The molecular weight excluding hydrogens is 653 g/mol. The molecule has 53 heavy (non-hydrogen) atoms. The predicted molar refractivity (Wildman–Crippen MR) is 216 cm³/mol. The van der Waals surface area contributed by atoms with E-state index in [2.05, 4.69) is 121 Å². The molecule has 5 aromatic rings. The van der Waals surface area contributed by atoms with E-state index in [9.17, 15) is 5.26 Å². The highest BCUT2D eigenvalue weighted by Crippen LogP contribution is 2.53. The van der Waals surface area contributed by atoms with Crippen LogP contribution in [0.25, 0.3) is 44.5 Å². The van der Waals surface area contributed by atoms with Gasteiger partial charge in [0, 0.05) is 46.4 Å². The van der Waals surface area contributed by atoms with Crippen LogP contribution in [0.2, 0.25) is 0 Å². The Labute approximate surface area is 311 Å². The molecule has 0 aliphatic carbocycles. The first kappa shape index (κ1) is 33.9. The molecule has 0 unspecified atom stereocenters. The molecule has 0 spiro atoms. The number of nitriles is 1. The minimum Gasteiger partial charge on any atom is -0.496 e. The van der Waals surface area contributed by atoms with Gasteiger partial charge in [-0.25, -0.2) is 10.1 Å². The van der Waals surface area contributed by atoms with Crippen molar-refractivity contribution in [1.82, 2.24) is 4.57 Å². The van der Waals surface area contributed by atoms with Crippen LogP contribution in [0, 0.1) is 17.9 Å². The third-order valence-electron chi connectivity index (χ3n) is 11.1. The molecule has 8 rings (SSSR count). The molecule has 3 aliphatic rings. The molecule has 0 amide bonds. The van der Waals surface area contributed by atoms with E-state index in [0.29, 0.717) is 17.1 Å². The van der Waals surface area contributed by atoms with Crippen LogP contribution in [0.1, 0.15) is 62.8 Å². The second-order valence-electron chi connectivity index (χ2n) is 15.4. The van der Waals surface area contributed by atoms with Gasteiger partial charge in [0.2, 0.25) is 0 Å². The van der Waals surface area contributed by atoms with Crippen LogP contribution >= 0.6 is 0 Å². The van der Waals surface area contributed by atoms with Crippen LogP contribution in [0.15, 0.2) is 126 Å². The first-order valence-corrected chi connectivity index (χ1v) is 18.2. The van der Waals surface area contributed by atoms with E-state index in [1.54, 1.807) is 19.3 Å². The number of hydrogen-bond acceptors (Lipinski definition) is 4. The lowest BCUT2D eigenvalue weighted by atomic mass is 9.68. The van der Waals surface area contributed by atoms with Crippen LogP contribution in [-0.2, 0) is 15.6 Å². The maximum atomic E-state index is 9.82. The summed E-state index contributed by atoms with van der Waals surface area (Å²) in [6, 6.07) is 29.7. The van der Waals surface area contributed by atoms with Crippen molar-refractivity contribution in [3.05, 3.63) is 160 Å². The highest BCUT2D eigenvalue weighted by atomic mass is 16.5. The zero-order chi connectivity index (χ0) is 36.9. The van der Waals surface area contributed by atoms with Crippen molar-refractivity contribution >= 4 is 39.6 Å². The quantitative estimate of drug-likeness (QED) is 0.131. The molecule has 6 heteroatoms. The molecule has 4 aromatic carbocycles. The van der Waals surface area contributed by atoms with Crippen LogP contribution in [0.3, 0.4) is 0 Å². The maximum absolute atomic E-state index is 9.82. The van der Waals surface area contributed by atoms with E-state index in [4.69, 9.17) is 16.0 Å². The Balaban J connectivity index is 1.16. The number of benzene rings is 4. The highest BCUT2D eigenvalue weighted by Gasteiger charge is 2.42. The van der Waals surface area contributed by atoms with Crippen LogP contribution in [0.4, 0.5) is 5.69 Å². The fourth-order valence-electron chi connectivity index (χ4n) is 8.21. The molecule has 4 heterocycles. The van der Waals surface area contributed by atoms with Gasteiger partial charge in [0.05, 0.1) is 30.8 Å². The Kier molecular flexibility index (Phi) is 8.35. The Bertz CT molecular complexity index is 2530. The van der Waals surface area contributed by atoms with Crippen molar-refractivity contribution in [2.24, 2.45) is 0 Å². The van der Waals surface area contributed by atoms with Crippen LogP contribution in [0.5, 0.6) is 5.75 Å². The minimum absolute atomic E-state index is 0.0135. The third-order valence-corrected chi connectivity index (χ3v) is 11.1. The third kappa shape index (κ3) is 5.91. The Morgan fingerprint density at radius 1 is 0.830 bits per heavy atom. The Morgan fingerprint density at radius 3 is 2.23 bits per heavy atom. The Hall–Kier alpha value is -6.24. The second kappa shape index (κ2) is 13.1. The lowest BCUT2D eigenvalue weighted by Gasteiger charge is -2.48. The van der Waals surface area contributed by atoms with E-state index < -0.39 is 0 Å². The van der Waals surface area contributed by atoms with Gasteiger partial charge in [-0.2, -0.15) is 0 Å². The minimum atomic E-state index is -0.0444. The summed E-state index contributed by atoms with van der Waals surface area (Å²) in [6.45, 7) is 19.1. The monoisotopic (exact) mass is 694 g/mol. The second-order valence-corrected chi connectivity index (χ2v) is 15.4. The predicted octanol–water partition coefficient (Wildman–Crippen LogP) is 11.2. The molecule has 0 radical (unpaired) electrons.